The average Bonchev–Trinajstić information content (AvgIpc) is 2.04. The average molecular weight is 183 g/mol. The van der Waals surface area contributed by atoms with Crippen molar-refractivity contribution in [1.82, 2.24) is 4.98 Å². The van der Waals surface area contributed by atoms with Crippen LogP contribution in [-0.4, -0.2) is 16.1 Å². The van der Waals surface area contributed by atoms with Crippen molar-refractivity contribution in [3.05, 3.63) is 29.8 Å². The maximum atomic E-state index is 13.1. The highest BCUT2D eigenvalue weighted by Crippen LogP contribution is 2.24. The largest absolute Gasteiger partial charge is 0.481 e. The molecule has 0 aliphatic heterocycles. The molecule has 4 heteroatoms. The molecular formula is C9H10FNO2. The third kappa shape index (κ3) is 1.66. The summed E-state index contributed by atoms with van der Waals surface area (Å²) in [5.74, 6) is -1.65. The summed E-state index contributed by atoms with van der Waals surface area (Å²) in [4.78, 5) is 14.3. The minimum atomic E-state index is -1.22. The number of halogens is 1. The minimum Gasteiger partial charge on any atom is -0.481 e. The van der Waals surface area contributed by atoms with Crippen LogP contribution in [0.15, 0.2) is 18.5 Å². The van der Waals surface area contributed by atoms with Gasteiger partial charge in [-0.2, -0.15) is 0 Å². The van der Waals surface area contributed by atoms with Crippen molar-refractivity contribution in [3.8, 4) is 0 Å². The number of hydrogen-bond donors (Lipinski definition) is 1. The van der Waals surface area contributed by atoms with Gasteiger partial charge in [0.1, 0.15) is 5.82 Å². The Morgan fingerprint density at radius 3 is 2.69 bits per heavy atom. The lowest BCUT2D eigenvalue weighted by Crippen LogP contribution is -2.29. The zero-order valence-electron chi connectivity index (χ0n) is 7.41. The van der Waals surface area contributed by atoms with Crippen LogP contribution in [0.3, 0.4) is 0 Å². The van der Waals surface area contributed by atoms with Crippen LogP contribution in [-0.2, 0) is 10.2 Å². The van der Waals surface area contributed by atoms with E-state index in [4.69, 9.17) is 5.11 Å². The van der Waals surface area contributed by atoms with E-state index < -0.39 is 17.2 Å². The normalized spacial score (nSPS) is 11.3. The summed E-state index contributed by atoms with van der Waals surface area (Å²) in [5.41, 5.74) is -1.07. The zero-order chi connectivity index (χ0) is 10.1. The number of aliphatic carboxylic acids is 1. The molecule has 0 bridgehead atoms. The fourth-order valence-electron chi connectivity index (χ4n) is 0.997. The van der Waals surface area contributed by atoms with Gasteiger partial charge in [-0.05, 0) is 19.9 Å². The Bertz CT molecular complexity index is 336. The number of pyridine rings is 1. The Hall–Kier alpha value is -1.45. The van der Waals surface area contributed by atoms with E-state index in [2.05, 4.69) is 4.98 Å². The summed E-state index contributed by atoms with van der Waals surface area (Å²) >= 11 is 0. The van der Waals surface area contributed by atoms with E-state index in [0.717, 1.165) is 6.20 Å². The maximum Gasteiger partial charge on any atom is 0.313 e. The topological polar surface area (TPSA) is 50.2 Å². The molecule has 0 aliphatic rings. The van der Waals surface area contributed by atoms with Crippen molar-refractivity contribution in [2.45, 2.75) is 19.3 Å². The first-order valence-corrected chi connectivity index (χ1v) is 3.79. The highest BCUT2D eigenvalue weighted by Gasteiger charge is 2.31. The lowest BCUT2D eigenvalue weighted by Gasteiger charge is -2.19. The van der Waals surface area contributed by atoms with Gasteiger partial charge in [-0.25, -0.2) is 4.39 Å². The van der Waals surface area contributed by atoms with Crippen molar-refractivity contribution in [3.63, 3.8) is 0 Å². The minimum absolute atomic E-state index is 0.148. The number of aromatic nitrogens is 1. The van der Waals surface area contributed by atoms with E-state index in [0.29, 0.717) is 0 Å². The van der Waals surface area contributed by atoms with E-state index in [-0.39, 0.29) is 5.56 Å². The first-order valence-electron chi connectivity index (χ1n) is 3.79. The molecule has 3 nitrogen and oxygen atoms in total. The van der Waals surface area contributed by atoms with Crippen LogP contribution in [0.1, 0.15) is 19.4 Å². The van der Waals surface area contributed by atoms with Gasteiger partial charge in [-0.15, -0.1) is 0 Å². The number of rotatable bonds is 2. The van der Waals surface area contributed by atoms with Gasteiger partial charge < -0.3 is 5.11 Å². The van der Waals surface area contributed by atoms with E-state index in [1.165, 1.54) is 26.1 Å². The first kappa shape index (κ1) is 9.64. The summed E-state index contributed by atoms with van der Waals surface area (Å²) in [7, 11) is 0. The Balaban J connectivity index is 3.22. The predicted octanol–water partition coefficient (Wildman–Crippen LogP) is 1.58. The molecule has 0 unspecified atom stereocenters. The van der Waals surface area contributed by atoms with Crippen molar-refractivity contribution >= 4 is 5.97 Å². The lowest BCUT2D eigenvalue weighted by atomic mass is 9.85. The monoisotopic (exact) mass is 183 g/mol. The molecule has 1 rings (SSSR count). The van der Waals surface area contributed by atoms with Crippen LogP contribution < -0.4 is 0 Å². The van der Waals surface area contributed by atoms with Gasteiger partial charge in [0.2, 0.25) is 0 Å². The molecule has 0 aliphatic carbocycles. The summed E-state index contributed by atoms with van der Waals surface area (Å²) in [6.45, 7) is 2.90. The molecule has 0 fully saturated rings. The number of carbonyl (C=O) groups is 1. The standard InChI is InChI=1S/C9H10FNO2/c1-9(2,8(12)13)6-3-4-11-5-7(6)10/h3-5H,1-2H3,(H,12,13). The molecule has 1 aromatic heterocycles. The molecule has 1 N–H and O–H groups in total. The van der Waals surface area contributed by atoms with Crippen LogP contribution in [0, 0.1) is 5.82 Å². The first-order chi connectivity index (χ1) is 5.96. The van der Waals surface area contributed by atoms with Crippen molar-refractivity contribution in [1.29, 1.82) is 0 Å². The third-order valence-electron chi connectivity index (χ3n) is 1.98. The van der Waals surface area contributed by atoms with Crippen molar-refractivity contribution in [2.75, 3.05) is 0 Å². The Kier molecular flexibility index (Phi) is 2.32. The number of carboxylic acid groups (broad SMARTS) is 1. The van der Waals surface area contributed by atoms with Crippen LogP contribution in [0.5, 0.6) is 0 Å². The van der Waals surface area contributed by atoms with Crippen LogP contribution >= 0.6 is 0 Å². The number of nitrogens with zero attached hydrogens (tertiary/aromatic N) is 1. The molecule has 0 amide bonds. The highest BCUT2D eigenvalue weighted by molar-refractivity contribution is 5.80. The van der Waals surface area contributed by atoms with E-state index in [9.17, 15) is 9.18 Å². The van der Waals surface area contributed by atoms with E-state index in [1.807, 2.05) is 0 Å². The van der Waals surface area contributed by atoms with Gasteiger partial charge in [0.15, 0.2) is 0 Å². The van der Waals surface area contributed by atoms with Gasteiger partial charge >= 0.3 is 5.97 Å². The molecule has 0 saturated heterocycles. The Morgan fingerprint density at radius 1 is 1.62 bits per heavy atom. The van der Waals surface area contributed by atoms with Crippen LogP contribution in [0.25, 0.3) is 0 Å². The van der Waals surface area contributed by atoms with Gasteiger partial charge in [0, 0.05) is 11.8 Å². The molecule has 0 spiro atoms. The second-order valence-electron chi connectivity index (χ2n) is 3.29. The zero-order valence-corrected chi connectivity index (χ0v) is 7.41. The second kappa shape index (κ2) is 3.12. The van der Waals surface area contributed by atoms with Gasteiger partial charge in [-0.3, -0.25) is 9.78 Å². The fourth-order valence-corrected chi connectivity index (χ4v) is 0.997. The SMILES string of the molecule is CC(C)(C(=O)O)c1ccncc1F. The summed E-state index contributed by atoms with van der Waals surface area (Å²) < 4.78 is 13.1. The highest BCUT2D eigenvalue weighted by atomic mass is 19.1. The fraction of sp³-hybridized carbons (Fsp3) is 0.333. The predicted molar refractivity (Wildman–Crippen MR) is 44.9 cm³/mol. The third-order valence-corrected chi connectivity index (χ3v) is 1.98. The van der Waals surface area contributed by atoms with Crippen molar-refractivity contribution in [2.24, 2.45) is 0 Å². The quantitative estimate of drug-likeness (QED) is 0.757. The smallest absolute Gasteiger partial charge is 0.313 e. The molecule has 0 aromatic carbocycles. The number of carboxylic acids is 1. The molecule has 70 valence electrons. The van der Waals surface area contributed by atoms with Crippen LogP contribution in [0.4, 0.5) is 4.39 Å². The molecule has 0 atom stereocenters. The lowest BCUT2D eigenvalue weighted by molar-refractivity contribution is -0.142. The Morgan fingerprint density at radius 2 is 2.23 bits per heavy atom. The second-order valence-corrected chi connectivity index (χ2v) is 3.29. The molecule has 0 saturated carbocycles. The van der Waals surface area contributed by atoms with Crippen molar-refractivity contribution < 1.29 is 14.3 Å². The summed E-state index contributed by atoms with van der Waals surface area (Å²) in [6.07, 6.45) is 2.39. The maximum absolute atomic E-state index is 13.1. The summed E-state index contributed by atoms with van der Waals surface area (Å²) in [6, 6.07) is 1.38. The Labute approximate surface area is 75.2 Å². The van der Waals surface area contributed by atoms with Gasteiger partial charge in [-0.1, -0.05) is 0 Å². The molecule has 13 heavy (non-hydrogen) atoms. The molecule has 1 aromatic rings. The van der Waals surface area contributed by atoms with Crippen LogP contribution in [0.2, 0.25) is 0 Å². The van der Waals surface area contributed by atoms with Gasteiger partial charge in [0.05, 0.1) is 11.6 Å². The number of hydrogen-bond acceptors (Lipinski definition) is 2. The molecular weight excluding hydrogens is 173 g/mol. The molecule has 0 radical (unpaired) electrons. The van der Waals surface area contributed by atoms with Gasteiger partial charge in [0.25, 0.3) is 0 Å². The van der Waals surface area contributed by atoms with E-state index in [1.54, 1.807) is 0 Å². The van der Waals surface area contributed by atoms with E-state index >= 15 is 0 Å². The molecule has 1 heterocycles. The summed E-state index contributed by atoms with van der Waals surface area (Å²) in [5, 5.41) is 8.83.